The van der Waals surface area contributed by atoms with Crippen LogP contribution in [0.25, 0.3) is 0 Å². The second-order valence-corrected chi connectivity index (χ2v) is 6.48. The summed E-state index contributed by atoms with van der Waals surface area (Å²) in [5, 5.41) is 7.05. The molecule has 4 rings (SSSR count). The van der Waals surface area contributed by atoms with E-state index in [1.807, 2.05) is 6.20 Å². The molecule has 2 atom stereocenters. The zero-order chi connectivity index (χ0) is 16.5. The molecule has 128 valence electrons. The van der Waals surface area contributed by atoms with E-state index in [0.29, 0.717) is 12.5 Å². The lowest BCUT2D eigenvalue weighted by Crippen LogP contribution is -2.43. The van der Waals surface area contributed by atoms with Crippen LogP contribution in [0.2, 0.25) is 0 Å². The van der Waals surface area contributed by atoms with Crippen LogP contribution in [0.4, 0.5) is 0 Å². The van der Waals surface area contributed by atoms with Crippen molar-refractivity contribution in [2.75, 3.05) is 6.61 Å². The fourth-order valence-electron chi connectivity index (χ4n) is 3.24. The van der Waals surface area contributed by atoms with Crippen LogP contribution >= 0.6 is 0 Å². The highest BCUT2D eigenvalue weighted by Gasteiger charge is 2.33. The van der Waals surface area contributed by atoms with Crippen LogP contribution in [-0.2, 0) is 11.3 Å². The summed E-state index contributed by atoms with van der Waals surface area (Å²) < 4.78 is 13.2. The van der Waals surface area contributed by atoms with E-state index in [9.17, 15) is 4.79 Å². The van der Waals surface area contributed by atoms with E-state index in [1.165, 1.54) is 0 Å². The Kier molecular flexibility index (Phi) is 4.10. The van der Waals surface area contributed by atoms with Gasteiger partial charge in [-0.3, -0.25) is 4.79 Å². The number of carbonyl (C=O) groups is 1. The molecule has 1 amide bonds. The fourth-order valence-corrected chi connectivity index (χ4v) is 3.24. The van der Waals surface area contributed by atoms with Crippen LogP contribution in [0.5, 0.6) is 0 Å². The van der Waals surface area contributed by atoms with Crippen molar-refractivity contribution < 1.29 is 14.1 Å². The van der Waals surface area contributed by atoms with E-state index in [1.54, 1.807) is 12.3 Å². The van der Waals surface area contributed by atoms with E-state index < -0.39 is 0 Å². The van der Waals surface area contributed by atoms with Gasteiger partial charge in [0.2, 0.25) is 5.76 Å². The molecule has 2 aromatic rings. The number of aromatic nitrogens is 3. The Labute approximate surface area is 140 Å². The summed E-state index contributed by atoms with van der Waals surface area (Å²) in [4.78, 5) is 16.9. The molecule has 2 aromatic heterocycles. The number of ether oxygens (including phenoxy) is 1. The van der Waals surface area contributed by atoms with Crippen LogP contribution in [0.3, 0.4) is 0 Å². The number of aryl methyl sites for hydroxylation is 1. The lowest BCUT2D eigenvalue weighted by atomic mass is 10.0. The normalized spacial score (nSPS) is 24.0. The molecule has 2 fully saturated rings. The average molecular weight is 330 g/mol. The van der Waals surface area contributed by atoms with Crippen LogP contribution < -0.4 is 5.32 Å². The SMILES string of the molecule is CCn1ccnc1[C@H]1OCCC[C@@H]1NC(=O)c1cc(C2CC2)no1. The Morgan fingerprint density at radius 3 is 3.08 bits per heavy atom. The molecule has 24 heavy (non-hydrogen) atoms. The highest BCUT2D eigenvalue weighted by atomic mass is 16.5. The predicted molar refractivity (Wildman–Crippen MR) is 85.6 cm³/mol. The molecule has 1 aliphatic carbocycles. The minimum atomic E-state index is -0.233. The smallest absolute Gasteiger partial charge is 0.290 e. The van der Waals surface area contributed by atoms with Gasteiger partial charge in [-0.15, -0.1) is 0 Å². The first-order chi connectivity index (χ1) is 11.8. The zero-order valence-electron chi connectivity index (χ0n) is 13.8. The maximum atomic E-state index is 12.5. The van der Waals surface area contributed by atoms with Gasteiger partial charge in [-0.05, 0) is 32.6 Å². The number of hydrogen-bond donors (Lipinski definition) is 1. The van der Waals surface area contributed by atoms with E-state index in [-0.39, 0.29) is 23.8 Å². The summed E-state index contributed by atoms with van der Waals surface area (Å²) in [6.07, 6.45) is 7.51. The monoisotopic (exact) mass is 330 g/mol. The number of rotatable bonds is 5. The first kappa shape index (κ1) is 15.4. The molecule has 7 heteroatoms. The molecule has 1 saturated carbocycles. The summed E-state index contributed by atoms with van der Waals surface area (Å²) in [6, 6.07) is 1.65. The molecule has 0 aromatic carbocycles. The number of nitrogens with zero attached hydrogens (tertiary/aromatic N) is 3. The molecule has 0 radical (unpaired) electrons. The molecule has 1 saturated heterocycles. The van der Waals surface area contributed by atoms with Crippen molar-refractivity contribution in [2.24, 2.45) is 0 Å². The average Bonchev–Trinajstić information content (AvgIpc) is 3.14. The number of hydrogen-bond acceptors (Lipinski definition) is 5. The maximum absolute atomic E-state index is 12.5. The van der Waals surface area contributed by atoms with E-state index in [4.69, 9.17) is 9.26 Å². The lowest BCUT2D eigenvalue weighted by molar-refractivity contribution is -0.0166. The predicted octanol–water partition coefficient (Wildman–Crippen LogP) is 2.42. The van der Waals surface area contributed by atoms with Gasteiger partial charge in [0.25, 0.3) is 5.91 Å². The summed E-state index contributed by atoms with van der Waals surface area (Å²) in [5.41, 5.74) is 0.887. The van der Waals surface area contributed by atoms with Gasteiger partial charge in [-0.2, -0.15) is 0 Å². The molecular formula is C17H22N4O3. The Bertz CT molecular complexity index is 719. The topological polar surface area (TPSA) is 82.2 Å². The van der Waals surface area contributed by atoms with Gasteiger partial charge in [0.1, 0.15) is 11.9 Å². The minimum Gasteiger partial charge on any atom is -0.368 e. The molecule has 0 spiro atoms. The van der Waals surface area contributed by atoms with Gasteiger partial charge < -0.3 is 19.1 Å². The molecule has 1 aliphatic heterocycles. The first-order valence-corrected chi connectivity index (χ1v) is 8.66. The van der Waals surface area contributed by atoms with E-state index in [2.05, 4.69) is 26.9 Å². The van der Waals surface area contributed by atoms with Gasteiger partial charge in [-0.25, -0.2) is 4.98 Å². The third kappa shape index (κ3) is 2.96. The first-order valence-electron chi connectivity index (χ1n) is 8.66. The second-order valence-electron chi connectivity index (χ2n) is 6.48. The van der Waals surface area contributed by atoms with Gasteiger partial charge in [-0.1, -0.05) is 5.16 Å². The molecule has 3 heterocycles. The third-order valence-electron chi connectivity index (χ3n) is 4.73. The van der Waals surface area contributed by atoms with Gasteiger partial charge in [0.05, 0.1) is 11.7 Å². The largest absolute Gasteiger partial charge is 0.368 e. The van der Waals surface area contributed by atoms with E-state index in [0.717, 1.165) is 43.7 Å². The molecule has 1 N–H and O–H groups in total. The molecule has 7 nitrogen and oxygen atoms in total. The van der Waals surface area contributed by atoms with Crippen molar-refractivity contribution in [3.8, 4) is 0 Å². The van der Waals surface area contributed by atoms with E-state index >= 15 is 0 Å². The highest BCUT2D eigenvalue weighted by molar-refractivity contribution is 5.91. The highest BCUT2D eigenvalue weighted by Crippen LogP contribution is 2.39. The molecular weight excluding hydrogens is 308 g/mol. The Morgan fingerprint density at radius 1 is 1.42 bits per heavy atom. The van der Waals surface area contributed by atoms with Crippen molar-refractivity contribution in [3.63, 3.8) is 0 Å². The standard InChI is InChI=1S/C17H22N4O3/c1-2-21-8-7-18-16(21)15-12(4-3-9-23-15)19-17(22)14-10-13(20-24-14)11-5-6-11/h7-8,10-12,15H,2-6,9H2,1H3,(H,19,22)/t12-,15-/m0/s1. The van der Waals surface area contributed by atoms with Gasteiger partial charge in [0.15, 0.2) is 0 Å². The van der Waals surface area contributed by atoms with Crippen molar-refractivity contribution in [1.29, 1.82) is 0 Å². The zero-order valence-corrected chi connectivity index (χ0v) is 13.8. The van der Waals surface area contributed by atoms with Gasteiger partial charge >= 0.3 is 0 Å². The Balaban J connectivity index is 1.49. The molecule has 0 bridgehead atoms. The summed E-state index contributed by atoms with van der Waals surface area (Å²) >= 11 is 0. The van der Waals surface area contributed by atoms with Crippen molar-refractivity contribution >= 4 is 5.91 Å². The lowest BCUT2D eigenvalue weighted by Gasteiger charge is -2.31. The maximum Gasteiger partial charge on any atom is 0.290 e. The molecule has 2 aliphatic rings. The fraction of sp³-hybridized carbons (Fsp3) is 0.588. The quantitative estimate of drug-likeness (QED) is 0.910. The van der Waals surface area contributed by atoms with Crippen molar-refractivity contribution in [2.45, 2.75) is 57.2 Å². The number of carbonyl (C=O) groups excluding carboxylic acids is 1. The number of imidazole rings is 1. The van der Waals surface area contributed by atoms with Gasteiger partial charge in [0, 0.05) is 37.5 Å². The van der Waals surface area contributed by atoms with Crippen LogP contribution in [0.1, 0.15) is 66.7 Å². The summed E-state index contributed by atoms with van der Waals surface area (Å²) in [6.45, 7) is 3.57. The van der Waals surface area contributed by atoms with Crippen molar-refractivity contribution in [3.05, 3.63) is 35.7 Å². The Hall–Kier alpha value is -2.15. The minimum absolute atomic E-state index is 0.117. The number of nitrogens with one attached hydrogen (secondary N) is 1. The summed E-state index contributed by atoms with van der Waals surface area (Å²) in [7, 11) is 0. The Morgan fingerprint density at radius 2 is 2.29 bits per heavy atom. The summed E-state index contributed by atoms with van der Waals surface area (Å²) in [5.74, 6) is 1.38. The van der Waals surface area contributed by atoms with Crippen LogP contribution in [0.15, 0.2) is 23.0 Å². The second kappa shape index (κ2) is 6.39. The van der Waals surface area contributed by atoms with Crippen molar-refractivity contribution in [1.82, 2.24) is 20.0 Å². The van der Waals surface area contributed by atoms with Crippen LogP contribution in [-0.4, -0.2) is 33.3 Å². The molecule has 0 unspecified atom stereocenters. The number of amides is 1. The third-order valence-corrected chi connectivity index (χ3v) is 4.73. The van der Waals surface area contributed by atoms with Crippen LogP contribution in [0, 0.1) is 0 Å².